The number of rotatable bonds is 4. The normalized spacial score (nSPS) is 34.7. The van der Waals surface area contributed by atoms with Gasteiger partial charge in [-0.3, -0.25) is 0 Å². The van der Waals surface area contributed by atoms with Gasteiger partial charge in [-0.1, -0.05) is 12.8 Å². The van der Waals surface area contributed by atoms with Crippen LogP contribution in [-0.2, 0) is 4.74 Å². The molecule has 1 N–H and O–H groups in total. The van der Waals surface area contributed by atoms with Gasteiger partial charge in [-0.25, -0.2) is 0 Å². The Kier molecular flexibility index (Phi) is 2.97. The molecule has 1 heterocycles. The smallest absolute Gasteiger partial charge is 0.0697 e. The predicted octanol–water partition coefficient (Wildman–Crippen LogP) is 2.87. The summed E-state index contributed by atoms with van der Waals surface area (Å²) < 4.78 is 5.97. The molecule has 3 fully saturated rings. The molecule has 3 aliphatic rings. The van der Waals surface area contributed by atoms with Crippen molar-refractivity contribution < 1.29 is 4.74 Å². The minimum atomic E-state index is 0.301. The van der Waals surface area contributed by atoms with Crippen LogP contribution in [0.3, 0.4) is 0 Å². The molecule has 2 heteroatoms. The summed E-state index contributed by atoms with van der Waals surface area (Å²) >= 11 is 0. The Balaban J connectivity index is 1.46. The van der Waals surface area contributed by atoms with E-state index < -0.39 is 0 Å². The zero-order chi connectivity index (χ0) is 11.0. The summed E-state index contributed by atoms with van der Waals surface area (Å²) in [4.78, 5) is 0. The van der Waals surface area contributed by atoms with E-state index in [1.165, 1.54) is 51.4 Å². The van der Waals surface area contributed by atoms with Crippen LogP contribution in [0.15, 0.2) is 0 Å². The van der Waals surface area contributed by atoms with E-state index in [2.05, 4.69) is 12.2 Å². The number of nitrogens with one attached hydrogen (secondary N) is 1. The summed E-state index contributed by atoms with van der Waals surface area (Å²) in [5, 5.41) is 3.83. The molecule has 2 atom stereocenters. The lowest BCUT2D eigenvalue weighted by Gasteiger charge is -2.47. The molecule has 2 nitrogen and oxygen atoms in total. The summed E-state index contributed by atoms with van der Waals surface area (Å²) in [5.41, 5.74) is 0.301. The van der Waals surface area contributed by atoms with Gasteiger partial charge in [0.15, 0.2) is 0 Å². The lowest BCUT2D eigenvalue weighted by Crippen LogP contribution is -2.52. The lowest BCUT2D eigenvalue weighted by atomic mass is 9.74. The molecule has 1 spiro atoms. The molecule has 0 aromatic heterocycles. The fourth-order valence-corrected chi connectivity index (χ4v) is 3.41. The predicted molar refractivity (Wildman–Crippen MR) is 65.5 cm³/mol. The Morgan fingerprint density at radius 1 is 1.31 bits per heavy atom. The van der Waals surface area contributed by atoms with E-state index in [1.807, 2.05) is 0 Å². The van der Waals surface area contributed by atoms with Crippen molar-refractivity contribution in [1.29, 1.82) is 0 Å². The summed E-state index contributed by atoms with van der Waals surface area (Å²) in [6, 6.07) is 1.44. The minimum Gasteiger partial charge on any atom is -0.375 e. The van der Waals surface area contributed by atoms with Gasteiger partial charge in [0.25, 0.3) is 0 Å². The Bertz CT molecular complexity index is 245. The van der Waals surface area contributed by atoms with E-state index in [-0.39, 0.29) is 0 Å². The van der Waals surface area contributed by atoms with Gasteiger partial charge in [-0.05, 0) is 51.4 Å². The van der Waals surface area contributed by atoms with Gasteiger partial charge < -0.3 is 10.1 Å². The van der Waals surface area contributed by atoms with Crippen molar-refractivity contribution in [3.63, 3.8) is 0 Å². The van der Waals surface area contributed by atoms with Crippen LogP contribution in [0.4, 0.5) is 0 Å². The van der Waals surface area contributed by atoms with Crippen LogP contribution in [-0.4, -0.2) is 24.3 Å². The minimum absolute atomic E-state index is 0.301. The van der Waals surface area contributed by atoms with Crippen LogP contribution in [0, 0.1) is 5.92 Å². The highest BCUT2D eigenvalue weighted by molar-refractivity contribution is 4.96. The molecule has 92 valence electrons. The van der Waals surface area contributed by atoms with Crippen molar-refractivity contribution in [3.8, 4) is 0 Å². The third-order valence-electron chi connectivity index (χ3n) is 4.66. The largest absolute Gasteiger partial charge is 0.375 e. The van der Waals surface area contributed by atoms with Crippen molar-refractivity contribution in [2.75, 3.05) is 6.61 Å². The molecule has 1 saturated heterocycles. The summed E-state index contributed by atoms with van der Waals surface area (Å²) in [5.74, 6) is 1.04. The second kappa shape index (κ2) is 4.30. The maximum atomic E-state index is 5.97. The van der Waals surface area contributed by atoms with Gasteiger partial charge in [0, 0.05) is 18.7 Å². The van der Waals surface area contributed by atoms with Crippen LogP contribution >= 0.6 is 0 Å². The first-order valence-corrected chi connectivity index (χ1v) is 7.16. The fourth-order valence-electron chi connectivity index (χ4n) is 3.41. The highest BCUT2D eigenvalue weighted by atomic mass is 16.5. The van der Waals surface area contributed by atoms with Crippen molar-refractivity contribution in [2.45, 2.75) is 76.0 Å². The maximum absolute atomic E-state index is 5.97. The number of hydrogen-bond acceptors (Lipinski definition) is 2. The van der Waals surface area contributed by atoms with E-state index in [0.29, 0.717) is 11.6 Å². The van der Waals surface area contributed by atoms with Crippen LogP contribution < -0.4 is 5.32 Å². The molecule has 1 aliphatic heterocycles. The molecule has 0 aromatic rings. The molecule has 2 unspecified atom stereocenters. The molecule has 3 rings (SSSR count). The molecule has 2 aliphatic carbocycles. The van der Waals surface area contributed by atoms with Crippen LogP contribution in [0.5, 0.6) is 0 Å². The van der Waals surface area contributed by atoms with Crippen molar-refractivity contribution in [1.82, 2.24) is 5.32 Å². The Morgan fingerprint density at radius 3 is 2.75 bits per heavy atom. The van der Waals surface area contributed by atoms with E-state index in [4.69, 9.17) is 4.74 Å². The highest BCUT2D eigenvalue weighted by Gasteiger charge is 2.42. The van der Waals surface area contributed by atoms with Gasteiger partial charge in [0.1, 0.15) is 0 Å². The van der Waals surface area contributed by atoms with Crippen molar-refractivity contribution >= 4 is 0 Å². The number of hydrogen-bond donors (Lipinski definition) is 1. The third kappa shape index (κ3) is 2.43. The zero-order valence-electron chi connectivity index (χ0n) is 10.5. The number of ether oxygens (including phenoxy) is 1. The SMILES string of the molecule is CC(CC1CC1)NC1CCOC2(CCC2)C1. The molecule has 0 bridgehead atoms. The second-order valence-electron chi connectivity index (χ2n) is 6.32. The van der Waals surface area contributed by atoms with Crippen LogP contribution in [0.1, 0.15) is 58.3 Å². The standard InChI is InChI=1S/C14H25NO/c1-11(9-12-3-4-12)15-13-5-8-16-14(10-13)6-2-7-14/h11-13,15H,2-10H2,1H3. The zero-order valence-corrected chi connectivity index (χ0v) is 10.5. The lowest BCUT2D eigenvalue weighted by molar-refractivity contribution is -0.136. The van der Waals surface area contributed by atoms with Gasteiger partial charge in [0.2, 0.25) is 0 Å². The average Bonchev–Trinajstić information content (AvgIpc) is 2.99. The molecular formula is C14H25NO. The van der Waals surface area contributed by atoms with Gasteiger partial charge in [-0.15, -0.1) is 0 Å². The summed E-state index contributed by atoms with van der Waals surface area (Å²) in [6.07, 6.45) is 10.8. The molecule has 0 radical (unpaired) electrons. The molecule has 0 aromatic carbocycles. The van der Waals surface area contributed by atoms with E-state index in [0.717, 1.165) is 18.6 Å². The topological polar surface area (TPSA) is 21.3 Å². The highest BCUT2D eigenvalue weighted by Crippen LogP contribution is 2.42. The average molecular weight is 223 g/mol. The third-order valence-corrected chi connectivity index (χ3v) is 4.66. The van der Waals surface area contributed by atoms with Crippen molar-refractivity contribution in [2.24, 2.45) is 5.92 Å². The Labute approximate surface area is 99.1 Å². The van der Waals surface area contributed by atoms with Crippen molar-refractivity contribution in [3.05, 3.63) is 0 Å². The fraction of sp³-hybridized carbons (Fsp3) is 1.00. The van der Waals surface area contributed by atoms with Gasteiger partial charge >= 0.3 is 0 Å². The monoisotopic (exact) mass is 223 g/mol. The van der Waals surface area contributed by atoms with Crippen LogP contribution in [0.25, 0.3) is 0 Å². The van der Waals surface area contributed by atoms with Gasteiger partial charge in [0.05, 0.1) is 5.60 Å². The summed E-state index contributed by atoms with van der Waals surface area (Å²) in [6.45, 7) is 3.34. The van der Waals surface area contributed by atoms with Crippen LogP contribution in [0.2, 0.25) is 0 Å². The first-order valence-electron chi connectivity index (χ1n) is 7.16. The first-order chi connectivity index (χ1) is 7.76. The molecular weight excluding hydrogens is 198 g/mol. The first kappa shape index (κ1) is 11.0. The summed E-state index contributed by atoms with van der Waals surface area (Å²) in [7, 11) is 0. The van der Waals surface area contributed by atoms with E-state index >= 15 is 0 Å². The maximum Gasteiger partial charge on any atom is 0.0697 e. The molecule has 0 amide bonds. The van der Waals surface area contributed by atoms with Gasteiger partial charge in [-0.2, -0.15) is 0 Å². The second-order valence-corrected chi connectivity index (χ2v) is 6.32. The Morgan fingerprint density at radius 2 is 2.12 bits per heavy atom. The van der Waals surface area contributed by atoms with E-state index in [1.54, 1.807) is 0 Å². The molecule has 16 heavy (non-hydrogen) atoms. The Hall–Kier alpha value is -0.0800. The quantitative estimate of drug-likeness (QED) is 0.791. The molecule has 2 saturated carbocycles. The van der Waals surface area contributed by atoms with E-state index in [9.17, 15) is 0 Å².